The molecule has 1 saturated carbocycles. The predicted molar refractivity (Wildman–Crippen MR) is 87.5 cm³/mol. The molecule has 1 aliphatic carbocycles. The van der Waals surface area contributed by atoms with Crippen LogP contribution >= 0.6 is 24.0 Å². The Labute approximate surface area is 135 Å². The molecule has 112 valence electrons. The maximum atomic E-state index is 13.4. The lowest BCUT2D eigenvalue weighted by Crippen LogP contribution is -2.40. The fourth-order valence-corrected chi connectivity index (χ4v) is 1.95. The third kappa shape index (κ3) is 4.57. The van der Waals surface area contributed by atoms with E-state index in [1.54, 1.807) is 13.1 Å². The Morgan fingerprint density at radius 1 is 1.40 bits per heavy atom. The Morgan fingerprint density at radius 2 is 2.10 bits per heavy atom. The van der Waals surface area contributed by atoms with Gasteiger partial charge in [0.2, 0.25) is 0 Å². The lowest BCUT2D eigenvalue weighted by Gasteiger charge is -2.11. The summed E-state index contributed by atoms with van der Waals surface area (Å²) in [6.45, 7) is 2.69. The van der Waals surface area contributed by atoms with Crippen LogP contribution in [0.3, 0.4) is 0 Å². The number of nitrogens with one attached hydrogen (secondary N) is 2. The maximum Gasteiger partial charge on any atom is 0.191 e. The number of nitrogens with zero attached hydrogens (tertiary/aromatic N) is 1. The van der Waals surface area contributed by atoms with Gasteiger partial charge in [0.1, 0.15) is 0 Å². The van der Waals surface area contributed by atoms with Gasteiger partial charge in [-0.15, -0.1) is 24.0 Å². The summed E-state index contributed by atoms with van der Waals surface area (Å²) < 4.78 is 26.5. The number of guanidine groups is 1. The summed E-state index contributed by atoms with van der Waals surface area (Å²) in [5.41, 5.74) is 0.378. The van der Waals surface area contributed by atoms with Gasteiger partial charge >= 0.3 is 0 Å². The van der Waals surface area contributed by atoms with E-state index < -0.39 is 11.6 Å². The first-order valence-corrected chi connectivity index (χ1v) is 6.52. The lowest BCUT2D eigenvalue weighted by molar-refractivity contribution is 0.498. The molecule has 1 aliphatic rings. The van der Waals surface area contributed by atoms with Crippen molar-refractivity contribution < 1.29 is 8.78 Å². The quantitative estimate of drug-likeness (QED) is 0.468. The Kier molecular flexibility index (Phi) is 6.64. The topological polar surface area (TPSA) is 36.4 Å². The van der Waals surface area contributed by atoms with E-state index in [-0.39, 0.29) is 24.0 Å². The van der Waals surface area contributed by atoms with Crippen LogP contribution in [0.1, 0.15) is 18.9 Å². The summed E-state index contributed by atoms with van der Waals surface area (Å²) >= 11 is 0. The van der Waals surface area contributed by atoms with E-state index in [0.717, 1.165) is 12.5 Å². The van der Waals surface area contributed by atoms with Crippen LogP contribution in [-0.4, -0.2) is 25.6 Å². The van der Waals surface area contributed by atoms with Gasteiger partial charge in [-0.1, -0.05) is 19.1 Å². The summed E-state index contributed by atoms with van der Waals surface area (Å²) in [5.74, 6) is -0.166. The van der Waals surface area contributed by atoms with Crippen LogP contribution in [-0.2, 0) is 6.42 Å². The fraction of sp³-hybridized carbons (Fsp3) is 0.500. The van der Waals surface area contributed by atoms with Gasteiger partial charge < -0.3 is 10.6 Å². The second-order valence-corrected chi connectivity index (χ2v) is 4.93. The smallest absolute Gasteiger partial charge is 0.191 e. The first kappa shape index (κ1) is 17.1. The molecular weight excluding hydrogens is 375 g/mol. The number of benzene rings is 1. The monoisotopic (exact) mass is 395 g/mol. The molecule has 2 atom stereocenters. The van der Waals surface area contributed by atoms with Gasteiger partial charge in [0.25, 0.3) is 0 Å². The van der Waals surface area contributed by atoms with E-state index in [1.807, 2.05) is 0 Å². The normalized spacial score (nSPS) is 21.1. The van der Waals surface area contributed by atoms with Crippen molar-refractivity contribution in [2.24, 2.45) is 10.9 Å². The maximum absolute atomic E-state index is 13.4. The van der Waals surface area contributed by atoms with Crippen LogP contribution < -0.4 is 10.6 Å². The van der Waals surface area contributed by atoms with Crippen molar-refractivity contribution in [2.75, 3.05) is 13.6 Å². The summed E-state index contributed by atoms with van der Waals surface area (Å²) in [5, 5.41) is 6.38. The number of aliphatic imine (C=N–C) groups is 1. The Hall–Kier alpha value is -0.920. The SMILES string of the molecule is CN=C(NCCc1cccc(F)c1F)NC1CC1C.I. The molecule has 2 rings (SSSR count). The molecule has 20 heavy (non-hydrogen) atoms. The molecule has 6 heteroatoms. The zero-order valence-corrected chi connectivity index (χ0v) is 13.9. The van der Waals surface area contributed by atoms with Crippen LogP contribution in [0, 0.1) is 17.6 Å². The van der Waals surface area contributed by atoms with E-state index in [2.05, 4.69) is 22.5 Å². The van der Waals surface area contributed by atoms with E-state index >= 15 is 0 Å². The average Bonchev–Trinajstić information content (AvgIpc) is 3.09. The fourth-order valence-electron chi connectivity index (χ4n) is 1.95. The van der Waals surface area contributed by atoms with Gasteiger partial charge in [0.15, 0.2) is 17.6 Å². The highest BCUT2D eigenvalue weighted by molar-refractivity contribution is 14.0. The van der Waals surface area contributed by atoms with Crippen LogP contribution in [0.5, 0.6) is 0 Å². The second kappa shape index (κ2) is 7.75. The molecule has 0 radical (unpaired) electrons. The standard InChI is InChI=1S/C14H19F2N3.HI/c1-9-8-12(9)19-14(17-2)18-7-6-10-4-3-5-11(15)13(10)16;/h3-5,9,12H,6-8H2,1-2H3,(H2,17,18,19);1H. The molecule has 3 nitrogen and oxygen atoms in total. The molecule has 0 spiro atoms. The van der Waals surface area contributed by atoms with Crippen LogP contribution in [0.25, 0.3) is 0 Å². The highest BCUT2D eigenvalue weighted by Crippen LogP contribution is 2.28. The average molecular weight is 395 g/mol. The molecule has 0 aromatic heterocycles. The van der Waals surface area contributed by atoms with Crippen LogP contribution in [0.15, 0.2) is 23.2 Å². The summed E-state index contributed by atoms with van der Waals surface area (Å²) in [7, 11) is 1.70. The first-order chi connectivity index (χ1) is 9.11. The van der Waals surface area contributed by atoms with Crippen molar-refractivity contribution in [2.45, 2.75) is 25.8 Å². The molecule has 1 aromatic carbocycles. The third-order valence-electron chi connectivity index (χ3n) is 3.37. The largest absolute Gasteiger partial charge is 0.356 e. The number of halogens is 3. The van der Waals surface area contributed by atoms with E-state index in [4.69, 9.17) is 0 Å². The number of rotatable bonds is 4. The second-order valence-electron chi connectivity index (χ2n) is 4.93. The third-order valence-corrected chi connectivity index (χ3v) is 3.37. The van der Waals surface area contributed by atoms with Gasteiger partial charge in [-0.3, -0.25) is 4.99 Å². The summed E-state index contributed by atoms with van der Waals surface area (Å²) in [4.78, 5) is 4.10. The van der Waals surface area contributed by atoms with Gasteiger partial charge in [0.05, 0.1) is 0 Å². The minimum absolute atomic E-state index is 0. The van der Waals surface area contributed by atoms with Gasteiger partial charge in [-0.25, -0.2) is 8.78 Å². The highest BCUT2D eigenvalue weighted by Gasteiger charge is 2.33. The zero-order valence-electron chi connectivity index (χ0n) is 11.6. The number of hydrogen-bond acceptors (Lipinski definition) is 1. The molecule has 1 aromatic rings. The Bertz CT molecular complexity index is 479. The molecular formula is C14H20F2IN3. The van der Waals surface area contributed by atoms with Gasteiger partial charge in [-0.05, 0) is 30.4 Å². The Morgan fingerprint density at radius 3 is 2.70 bits per heavy atom. The van der Waals surface area contributed by atoms with Gasteiger partial charge in [0, 0.05) is 19.6 Å². The minimum Gasteiger partial charge on any atom is -0.356 e. The Balaban J connectivity index is 0.00000200. The molecule has 2 N–H and O–H groups in total. The molecule has 2 unspecified atom stereocenters. The minimum atomic E-state index is -0.799. The van der Waals surface area contributed by atoms with Crippen molar-refractivity contribution in [3.8, 4) is 0 Å². The van der Waals surface area contributed by atoms with Crippen LogP contribution in [0.2, 0.25) is 0 Å². The van der Waals surface area contributed by atoms with E-state index in [0.29, 0.717) is 36.4 Å². The molecule has 1 fully saturated rings. The van der Waals surface area contributed by atoms with E-state index in [1.165, 1.54) is 6.07 Å². The van der Waals surface area contributed by atoms with Crippen molar-refractivity contribution in [3.63, 3.8) is 0 Å². The summed E-state index contributed by atoms with van der Waals surface area (Å²) in [6, 6.07) is 4.73. The molecule has 0 amide bonds. The van der Waals surface area contributed by atoms with Gasteiger partial charge in [-0.2, -0.15) is 0 Å². The number of hydrogen-bond donors (Lipinski definition) is 2. The molecule has 0 heterocycles. The molecule has 0 aliphatic heterocycles. The predicted octanol–water partition coefficient (Wildman–Crippen LogP) is 2.70. The van der Waals surface area contributed by atoms with Crippen molar-refractivity contribution in [3.05, 3.63) is 35.4 Å². The summed E-state index contributed by atoms with van der Waals surface area (Å²) in [6.07, 6.45) is 1.57. The molecule has 0 bridgehead atoms. The first-order valence-electron chi connectivity index (χ1n) is 6.52. The zero-order chi connectivity index (χ0) is 13.8. The van der Waals surface area contributed by atoms with Crippen molar-refractivity contribution in [1.29, 1.82) is 0 Å². The van der Waals surface area contributed by atoms with E-state index in [9.17, 15) is 8.78 Å². The highest BCUT2D eigenvalue weighted by atomic mass is 127. The molecule has 0 saturated heterocycles. The van der Waals surface area contributed by atoms with Crippen LogP contribution in [0.4, 0.5) is 8.78 Å². The lowest BCUT2D eigenvalue weighted by atomic mass is 10.1. The van der Waals surface area contributed by atoms with Crippen molar-refractivity contribution >= 4 is 29.9 Å². The van der Waals surface area contributed by atoms with Crippen molar-refractivity contribution in [1.82, 2.24) is 10.6 Å².